The summed E-state index contributed by atoms with van der Waals surface area (Å²) < 4.78 is 26.9. The number of sulfonamides is 1. The highest BCUT2D eigenvalue weighted by atomic mass is 35.5. The van der Waals surface area contributed by atoms with Crippen molar-refractivity contribution in [1.29, 1.82) is 0 Å². The third-order valence-electron chi connectivity index (χ3n) is 4.40. The lowest BCUT2D eigenvalue weighted by Gasteiger charge is -2.38. The summed E-state index contributed by atoms with van der Waals surface area (Å²) in [6, 6.07) is 14.6. The molecule has 3 rings (SSSR count). The molecule has 1 unspecified atom stereocenters. The summed E-state index contributed by atoms with van der Waals surface area (Å²) in [6.45, 7) is 0.928. The molecule has 0 saturated carbocycles. The number of halogens is 1. The second-order valence-electron chi connectivity index (χ2n) is 6.13. The van der Waals surface area contributed by atoms with E-state index in [9.17, 15) is 18.3 Å². The van der Waals surface area contributed by atoms with Crippen LogP contribution in [0.15, 0.2) is 59.5 Å². The first-order valence-corrected chi connectivity index (χ1v) is 9.96. The summed E-state index contributed by atoms with van der Waals surface area (Å²) in [5.74, 6) is -1.04. The minimum Gasteiger partial charge on any atom is -0.480 e. The number of nitrogens with zero attached hydrogens (tertiary/aromatic N) is 2. The predicted octanol–water partition coefficient (Wildman–Crippen LogP) is 2.30. The Balaban J connectivity index is 1.80. The Morgan fingerprint density at radius 1 is 1.12 bits per heavy atom. The quantitative estimate of drug-likeness (QED) is 0.841. The lowest BCUT2D eigenvalue weighted by molar-refractivity contribution is -0.145. The normalized spacial score (nSPS) is 19.3. The minimum absolute atomic E-state index is 0.0747. The molecule has 1 aliphatic rings. The van der Waals surface area contributed by atoms with Gasteiger partial charge >= 0.3 is 5.97 Å². The first-order chi connectivity index (χ1) is 12.4. The number of carboxylic acid groups (broad SMARTS) is 1. The molecule has 2 aromatic rings. The molecule has 0 amide bonds. The molecule has 138 valence electrons. The van der Waals surface area contributed by atoms with E-state index in [0.717, 1.165) is 5.56 Å². The Morgan fingerprint density at radius 3 is 2.50 bits per heavy atom. The number of carbonyl (C=O) groups is 1. The van der Waals surface area contributed by atoms with Crippen LogP contribution in [0.4, 0.5) is 0 Å². The van der Waals surface area contributed by atoms with Gasteiger partial charge in [-0.05, 0) is 23.8 Å². The molecule has 1 atom stereocenters. The molecule has 0 radical (unpaired) electrons. The summed E-state index contributed by atoms with van der Waals surface area (Å²) in [5.41, 5.74) is 0.991. The van der Waals surface area contributed by atoms with Crippen molar-refractivity contribution in [2.24, 2.45) is 0 Å². The summed E-state index contributed by atoms with van der Waals surface area (Å²) in [4.78, 5) is 13.6. The molecule has 1 saturated heterocycles. The van der Waals surface area contributed by atoms with Gasteiger partial charge in [-0.2, -0.15) is 4.31 Å². The van der Waals surface area contributed by atoms with Crippen LogP contribution >= 0.6 is 11.6 Å². The van der Waals surface area contributed by atoms with E-state index in [1.54, 1.807) is 17.0 Å². The van der Waals surface area contributed by atoms with E-state index >= 15 is 0 Å². The first kappa shape index (κ1) is 18.8. The van der Waals surface area contributed by atoms with E-state index in [2.05, 4.69) is 0 Å². The Kier molecular flexibility index (Phi) is 5.62. The lowest BCUT2D eigenvalue weighted by Crippen LogP contribution is -2.57. The monoisotopic (exact) mass is 394 g/mol. The molecule has 0 aliphatic carbocycles. The molecule has 1 fully saturated rings. The van der Waals surface area contributed by atoms with Crippen molar-refractivity contribution in [2.45, 2.75) is 17.5 Å². The van der Waals surface area contributed by atoms with Crippen LogP contribution in [0.1, 0.15) is 5.56 Å². The Morgan fingerprint density at radius 2 is 1.85 bits per heavy atom. The highest BCUT2D eigenvalue weighted by Crippen LogP contribution is 2.23. The van der Waals surface area contributed by atoms with Crippen molar-refractivity contribution < 1.29 is 18.3 Å². The van der Waals surface area contributed by atoms with Crippen molar-refractivity contribution >= 4 is 27.6 Å². The van der Waals surface area contributed by atoms with Gasteiger partial charge in [0.1, 0.15) is 6.04 Å². The molecule has 0 bridgehead atoms. The van der Waals surface area contributed by atoms with Crippen LogP contribution in [0.2, 0.25) is 5.02 Å². The zero-order valence-corrected chi connectivity index (χ0v) is 15.5. The standard InChI is InChI=1S/C18H19ClN2O4S/c19-15-7-4-8-16(11-15)26(24,25)21-10-9-20(17(13-21)18(22)23)12-14-5-2-1-3-6-14/h1-8,11,17H,9-10,12-13H2,(H,22,23). The molecular formula is C18H19ClN2O4S. The van der Waals surface area contributed by atoms with Crippen LogP contribution < -0.4 is 0 Å². The zero-order valence-electron chi connectivity index (χ0n) is 14.0. The van der Waals surface area contributed by atoms with Crippen LogP contribution in [0.5, 0.6) is 0 Å². The highest BCUT2D eigenvalue weighted by molar-refractivity contribution is 7.89. The smallest absolute Gasteiger partial charge is 0.322 e. The number of piperazine rings is 1. The molecule has 6 nitrogen and oxygen atoms in total. The molecular weight excluding hydrogens is 376 g/mol. The SMILES string of the molecule is O=C(O)C1CN(S(=O)(=O)c2cccc(Cl)c2)CCN1Cc1ccccc1. The Hall–Kier alpha value is -1.93. The van der Waals surface area contributed by atoms with Gasteiger partial charge in [0, 0.05) is 31.2 Å². The van der Waals surface area contributed by atoms with Gasteiger partial charge in [0.25, 0.3) is 0 Å². The molecule has 8 heteroatoms. The number of rotatable bonds is 5. The van der Waals surface area contributed by atoms with Crippen LogP contribution in [0.3, 0.4) is 0 Å². The summed E-state index contributed by atoms with van der Waals surface area (Å²) in [7, 11) is -3.79. The van der Waals surface area contributed by atoms with E-state index in [-0.39, 0.29) is 18.0 Å². The molecule has 1 heterocycles. The Labute approximate surface area is 157 Å². The van der Waals surface area contributed by atoms with Crippen LogP contribution in [0, 0.1) is 0 Å². The maximum absolute atomic E-state index is 12.8. The third kappa shape index (κ3) is 4.07. The van der Waals surface area contributed by atoms with Crippen molar-refractivity contribution in [3.8, 4) is 0 Å². The van der Waals surface area contributed by atoms with E-state index in [0.29, 0.717) is 18.1 Å². The average molecular weight is 395 g/mol. The predicted molar refractivity (Wildman–Crippen MR) is 98.5 cm³/mol. The topological polar surface area (TPSA) is 77.9 Å². The van der Waals surface area contributed by atoms with Gasteiger partial charge in [0.05, 0.1) is 4.90 Å². The summed E-state index contributed by atoms with van der Waals surface area (Å²) in [6.07, 6.45) is 0. The summed E-state index contributed by atoms with van der Waals surface area (Å²) >= 11 is 5.90. The lowest BCUT2D eigenvalue weighted by atomic mass is 10.1. The number of benzene rings is 2. The van der Waals surface area contributed by atoms with Crippen molar-refractivity contribution in [2.75, 3.05) is 19.6 Å². The fourth-order valence-corrected chi connectivity index (χ4v) is 4.77. The molecule has 0 spiro atoms. The zero-order chi connectivity index (χ0) is 18.7. The molecule has 26 heavy (non-hydrogen) atoms. The second-order valence-corrected chi connectivity index (χ2v) is 8.50. The van der Waals surface area contributed by atoms with E-state index in [1.165, 1.54) is 16.4 Å². The van der Waals surface area contributed by atoms with Crippen molar-refractivity contribution in [3.63, 3.8) is 0 Å². The van der Waals surface area contributed by atoms with E-state index in [1.807, 2.05) is 30.3 Å². The largest absolute Gasteiger partial charge is 0.480 e. The molecule has 2 aromatic carbocycles. The van der Waals surface area contributed by atoms with E-state index < -0.39 is 22.0 Å². The minimum atomic E-state index is -3.79. The van der Waals surface area contributed by atoms with Crippen LogP contribution in [-0.2, 0) is 21.4 Å². The average Bonchev–Trinajstić information content (AvgIpc) is 2.62. The van der Waals surface area contributed by atoms with Crippen LogP contribution in [0.25, 0.3) is 0 Å². The van der Waals surface area contributed by atoms with Gasteiger partial charge in [-0.15, -0.1) is 0 Å². The van der Waals surface area contributed by atoms with Crippen LogP contribution in [-0.4, -0.2) is 54.4 Å². The van der Waals surface area contributed by atoms with E-state index in [4.69, 9.17) is 11.6 Å². The first-order valence-electron chi connectivity index (χ1n) is 8.14. The highest BCUT2D eigenvalue weighted by Gasteiger charge is 2.37. The number of hydrogen-bond donors (Lipinski definition) is 1. The maximum Gasteiger partial charge on any atom is 0.322 e. The molecule has 0 aromatic heterocycles. The van der Waals surface area contributed by atoms with Gasteiger partial charge < -0.3 is 5.11 Å². The fraction of sp³-hybridized carbons (Fsp3) is 0.278. The third-order valence-corrected chi connectivity index (χ3v) is 6.50. The number of aliphatic carboxylic acids is 1. The van der Waals surface area contributed by atoms with Gasteiger partial charge in [-0.25, -0.2) is 8.42 Å². The van der Waals surface area contributed by atoms with Gasteiger partial charge in [-0.1, -0.05) is 48.0 Å². The van der Waals surface area contributed by atoms with Gasteiger partial charge in [0.15, 0.2) is 0 Å². The molecule has 1 aliphatic heterocycles. The Bertz CT molecular complexity index is 889. The van der Waals surface area contributed by atoms with Gasteiger partial charge in [0.2, 0.25) is 10.0 Å². The number of carboxylic acids is 1. The van der Waals surface area contributed by atoms with Crippen molar-refractivity contribution in [1.82, 2.24) is 9.21 Å². The fourth-order valence-electron chi connectivity index (χ4n) is 3.03. The summed E-state index contributed by atoms with van der Waals surface area (Å²) in [5, 5.41) is 9.92. The van der Waals surface area contributed by atoms with Crippen molar-refractivity contribution in [3.05, 3.63) is 65.2 Å². The number of hydrogen-bond acceptors (Lipinski definition) is 4. The van der Waals surface area contributed by atoms with Gasteiger partial charge in [-0.3, -0.25) is 9.69 Å². The maximum atomic E-state index is 12.8. The molecule has 1 N–H and O–H groups in total. The second kappa shape index (κ2) is 7.75.